The fourth-order valence-corrected chi connectivity index (χ4v) is 5.41. The van der Waals surface area contributed by atoms with Gasteiger partial charge < -0.3 is 19.7 Å². The maximum Gasteiger partial charge on any atom is 0.247 e. The number of tetrazole rings is 1. The first kappa shape index (κ1) is 30.0. The second kappa shape index (κ2) is 13.6. The van der Waals surface area contributed by atoms with Gasteiger partial charge in [0.15, 0.2) is 11.5 Å². The molecule has 1 aromatic heterocycles. The van der Waals surface area contributed by atoms with E-state index in [1.807, 2.05) is 6.07 Å². The zero-order chi connectivity index (χ0) is 30.3. The molecule has 0 aliphatic heterocycles. The van der Waals surface area contributed by atoms with Crippen molar-refractivity contribution in [3.8, 4) is 22.9 Å². The summed E-state index contributed by atoms with van der Waals surface area (Å²) in [4.78, 5) is 30.5. The van der Waals surface area contributed by atoms with Crippen LogP contribution in [0.15, 0.2) is 66.7 Å². The smallest absolute Gasteiger partial charge is 0.247 e. The Morgan fingerprint density at radius 1 is 1.05 bits per heavy atom. The molecule has 1 saturated carbocycles. The van der Waals surface area contributed by atoms with Crippen molar-refractivity contribution in [3.63, 3.8) is 0 Å². The van der Waals surface area contributed by atoms with E-state index in [4.69, 9.17) is 21.1 Å². The number of ether oxygens (including phenoxy) is 2. The van der Waals surface area contributed by atoms with Crippen molar-refractivity contribution in [1.29, 1.82) is 0 Å². The quantitative estimate of drug-likeness (QED) is 0.256. The van der Waals surface area contributed by atoms with Gasteiger partial charge in [0, 0.05) is 23.2 Å². The number of carbonyl (C=O) groups excluding carboxylic acids is 2. The molecule has 1 unspecified atom stereocenters. The summed E-state index contributed by atoms with van der Waals surface area (Å²) >= 11 is 6.49. The molecule has 5 rings (SSSR count). The minimum atomic E-state index is -1.06. The molecule has 3 aromatic carbocycles. The monoisotopic (exact) mass is 606 g/mol. The van der Waals surface area contributed by atoms with Gasteiger partial charge in [0.05, 0.1) is 14.2 Å². The lowest BCUT2D eigenvalue weighted by atomic mass is 10.0. The molecule has 1 aliphatic carbocycles. The van der Waals surface area contributed by atoms with Gasteiger partial charge in [0.2, 0.25) is 17.6 Å². The molecular formula is C31H32ClFN6O4. The first-order valence-corrected chi connectivity index (χ1v) is 14.3. The number of methoxy groups -OCH3 is 2. The van der Waals surface area contributed by atoms with Gasteiger partial charge in [-0.15, -0.1) is 10.2 Å². The summed E-state index contributed by atoms with van der Waals surface area (Å²) in [6, 6.07) is 16.8. The number of aromatic nitrogens is 4. The van der Waals surface area contributed by atoms with Crippen LogP contribution in [0.3, 0.4) is 0 Å². The molecule has 0 spiro atoms. The first-order valence-electron chi connectivity index (χ1n) is 13.9. The first-order chi connectivity index (χ1) is 20.9. The number of nitrogens with one attached hydrogen (secondary N) is 1. The van der Waals surface area contributed by atoms with Crippen molar-refractivity contribution in [1.82, 2.24) is 30.4 Å². The highest BCUT2D eigenvalue weighted by Gasteiger charge is 2.34. The molecule has 2 amide bonds. The van der Waals surface area contributed by atoms with E-state index in [-0.39, 0.29) is 30.9 Å². The Hall–Kier alpha value is -4.51. The van der Waals surface area contributed by atoms with E-state index < -0.39 is 17.8 Å². The topological polar surface area (TPSA) is 111 Å². The molecule has 1 atom stereocenters. The van der Waals surface area contributed by atoms with Crippen LogP contribution in [0.5, 0.6) is 11.5 Å². The number of hydrogen-bond acceptors (Lipinski definition) is 7. The Labute approximate surface area is 253 Å². The van der Waals surface area contributed by atoms with E-state index in [2.05, 4.69) is 20.7 Å². The van der Waals surface area contributed by atoms with Crippen LogP contribution in [0.4, 0.5) is 4.39 Å². The lowest BCUT2D eigenvalue weighted by Gasteiger charge is -2.32. The second-order valence-corrected chi connectivity index (χ2v) is 10.7. The van der Waals surface area contributed by atoms with Crippen molar-refractivity contribution in [2.24, 2.45) is 0 Å². The van der Waals surface area contributed by atoms with Crippen LogP contribution in [0.25, 0.3) is 11.4 Å². The van der Waals surface area contributed by atoms with Crippen LogP contribution in [0.2, 0.25) is 5.02 Å². The fourth-order valence-electron chi connectivity index (χ4n) is 5.21. The number of halogens is 2. The summed E-state index contributed by atoms with van der Waals surface area (Å²) < 4.78 is 24.6. The van der Waals surface area contributed by atoms with Gasteiger partial charge in [-0.1, -0.05) is 54.8 Å². The molecule has 1 aliphatic rings. The third kappa shape index (κ3) is 7.11. The average Bonchev–Trinajstić information content (AvgIpc) is 3.71. The zero-order valence-corrected chi connectivity index (χ0v) is 24.6. The van der Waals surface area contributed by atoms with E-state index in [1.54, 1.807) is 43.5 Å². The highest BCUT2D eigenvalue weighted by atomic mass is 35.5. The molecule has 4 aromatic rings. The van der Waals surface area contributed by atoms with Crippen LogP contribution < -0.4 is 14.8 Å². The predicted molar refractivity (Wildman–Crippen MR) is 158 cm³/mol. The summed E-state index contributed by atoms with van der Waals surface area (Å²) in [6.07, 6.45) is 3.77. The van der Waals surface area contributed by atoms with Crippen molar-refractivity contribution >= 4 is 23.4 Å². The summed E-state index contributed by atoms with van der Waals surface area (Å²) in [5.41, 5.74) is 1.73. The Morgan fingerprint density at radius 3 is 2.47 bits per heavy atom. The molecule has 0 bridgehead atoms. The minimum Gasteiger partial charge on any atom is -0.493 e. The molecule has 12 heteroatoms. The molecular weight excluding hydrogens is 575 g/mol. The van der Waals surface area contributed by atoms with E-state index in [0.717, 1.165) is 25.7 Å². The third-order valence-corrected chi connectivity index (χ3v) is 7.81. The predicted octanol–water partition coefficient (Wildman–Crippen LogP) is 4.98. The van der Waals surface area contributed by atoms with Crippen molar-refractivity contribution in [2.75, 3.05) is 14.2 Å². The zero-order valence-electron chi connectivity index (χ0n) is 23.9. The summed E-state index contributed by atoms with van der Waals surface area (Å²) in [5.74, 6) is 0.0710. The van der Waals surface area contributed by atoms with E-state index in [9.17, 15) is 14.0 Å². The van der Waals surface area contributed by atoms with Gasteiger partial charge in [-0.05, 0) is 65.6 Å². The van der Waals surface area contributed by atoms with Gasteiger partial charge in [-0.2, -0.15) is 4.80 Å². The Balaban J connectivity index is 1.47. The average molecular weight is 607 g/mol. The summed E-state index contributed by atoms with van der Waals surface area (Å²) in [6.45, 7) is -0.283. The number of carbonyl (C=O) groups is 2. The van der Waals surface area contributed by atoms with E-state index >= 15 is 0 Å². The molecule has 1 fully saturated rings. The number of benzene rings is 3. The highest BCUT2D eigenvalue weighted by molar-refractivity contribution is 6.31. The SMILES string of the molecule is COc1ccc(-c2nnn(CC(=O)N(Cc3ccccc3Cl)C(C(=O)NC3CCCC3)c3ccc(F)cc3)n2)cc1OC. The van der Waals surface area contributed by atoms with Gasteiger partial charge in [-0.25, -0.2) is 4.39 Å². The lowest BCUT2D eigenvalue weighted by molar-refractivity contribution is -0.142. The maximum atomic E-state index is 14.0. The number of amides is 2. The molecule has 0 radical (unpaired) electrons. The normalized spacial score (nSPS) is 13.9. The summed E-state index contributed by atoms with van der Waals surface area (Å²) in [5, 5.41) is 16.2. The number of hydrogen-bond donors (Lipinski definition) is 1. The van der Waals surface area contributed by atoms with Crippen LogP contribution in [-0.2, 0) is 22.7 Å². The lowest BCUT2D eigenvalue weighted by Crippen LogP contribution is -2.46. The van der Waals surface area contributed by atoms with E-state index in [1.165, 1.54) is 41.1 Å². The van der Waals surface area contributed by atoms with E-state index in [0.29, 0.717) is 33.2 Å². The largest absolute Gasteiger partial charge is 0.493 e. The molecule has 1 N–H and O–H groups in total. The van der Waals surface area contributed by atoms with Crippen LogP contribution in [-0.4, -0.2) is 57.2 Å². The van der Waals surface area contributed by atoms with Crippen molar-refractivity contribution in [3.05, 3.63) is 88.7 Å². The summed E-state index contributed by atoms with van der Waals surface area (Å²) in [7, 11) is 3.07. The number of nitrogens with zero attached hydrogens (tertiary/aromatic N) is 5. The van der Waals surface area contributed by atoms with Gasteiger partial charge >= 0.3 is 0 Å². The Kier molecular flexibility index (Phi) is 9.51. The fraction of sp³-hybridized carbons (Fsp3) is 0.323. The maximum absolute atomic E-state index is 14.0. The number of rotatable bonds is 11. The molecule has 43 heavy (non-hydrogen) atoms. The van der Waals surface area contributed by atoms with Crippen LogP contribution >= 0.6 is 11.6 Å². The molecule has 1 heterocycles. The Morgan fingerprint density at radius 2 is 1.77 bits per heavy atom. The molecule has 10 nitrogen and oxygen atoms in total. The van der Waals surface area contributed by atoms with Crippen molar-refractivity contribution < 1.29 is 23.5 Å². The van der Waals surface area contributed by atoms with Gasteiger partial charge in [0.25, 0.3) is 0 Å². The van der Waals surface area contributed by atoms with Crippen molar-refractivity contribution in [2.45, 2.75) is 50.9 Å². The van der Waals surface area contributed by atoms with Gasteiger partial charge in [0.1, 0.15) is 18.4 Å². The third-order valence-electron chi connectivity index (χ3n) is 7.44. The molecule has 224 valence electrons. The van der Waals surface area contributed by atoms with Gasteiger partial charge in [-0.3, -0.25) is 9.59 Å². The van der Waals surface area contributed by atoms with Crippen LogP contribution in [0, 0.1) is 5.82 Å². The van der Waals surface area contributed by atoms with Crippen LogP contribution in [0.1, 0.15) is 42.9 Å². The standard InChI is InChI=1S/C31H32ClFN6O4/c1-42-26-16-13-21(17-27(26)43-2)30-35-37-39(36-30)19-28(40)38(18-22-7-3-6-10-25(22)32)29(20-11-14-23(33)15-12-20)31(41)34-24-8-4-5-9-24/h3,6-7,10-17,24,29H,4-5,8-9,18-19H2,1-2H3,(H,34,41). The second-order valence-electron chi connectivity index (χ2n) is 10.3. The highest BCUT2D eigenvalue weighted by Crippen LogP contribution is 2.31. The minimum absolute atomic E-state index is 0.00809. The molecule has 0 saturated heterocycles. The Bertz CT molecular complexity index is 1570.